The van der Waals surface area contributed by atoms with E-state index in [0.29, 0.717) is 6.04 Å². The van der Waals surface area contributed by atoms with E-state index in [0.717, 1.165) is 17.4 Å². The van der Waals surface area contributed by atoms with Crippen LogP contribution < -0.4 is 10.1 Å². The van der Waals surface area contributed by atoms with Gasteiger partial charge in [0, 0.05) is 6.04 Å². The molecule has 0 bridgehead atoms. The number of benzene rings is 1. The van der Waals surface area contributed by atoms with E-state index in [1.807, 2.05) is 18.2 Å². The quantitative estimate of drug-likeness (QED) is 0.817. The number of rotatable bonds is 3. The van der Waals surface area contributed by atoms with Crippen molar-refractivity contribution in [2.75, 3.05) is 12.4 Å². The van der Waals surface area contributed by atoms with E-state index >= 15 is 0 Å². The van der Waals surface area contributed by atoms with Crippen LogP contribution in [-0.4, -0.2) is 13.2 Å². The van der Waals surface area contributed by atoms with E-state index in [9.17, 15) is 0 Å². The molecule has 0 radical (unpaired) electrons. The molecule has 2 rings (SSSR count). The molecule has 0 amide bonds. The molecule has 0 aliphatic heterocycles. The molecular formula is C13H19NO. The fourth-order valence-electron chi connectivity index (χ4n) is 2.32. The number of nitrogens with one attached hydrogen (secondary N) is 1. The van der Waals surface area contributed by atoms with Gasteiger partial charge in [0.1, 0.15) is 5.75 Å². The van der Waals surface area contributed by atoms with Gasteiger partial charge in [0.25, 0.3) is 0 Å². The number of hydrogen-bond acceptors (Lipinski definition) is 2. The molecule has 0 aromatic heterocycles. The maximum absolute atomic E-state index is 5.32. The van der Waals surface area contributed by atoms with Crippen molar-refractivity contribution in [3.8, 4) is 5.75 Å². The van der Waals surface area contributed by atoms with Gasteiger partial charge in [0.05, 0.1) is 12.8 Å². The summed E-state index contributed by atoms with van der Waals surface area (Å²) in [6.45, 7) is 2.32. The average molecular weight is 205 g/mol. The van der Waals surface area contributed by atoms with E-state index in [4.69, 9.17) is 4.74 Å². The summed E-state index contributed by atoms with van der Waals surface area (Å²) in [5, 5.41) is 3.57. The summed E-state index contributed by atoms with van der Waals surface area (Å²) in [6, 6.07) is 8.75. The lowest BCUT2D eigenvalue weighted by Gasteiger charge is -2.16. The van der Waals surface area contributed by atoms with E-state index in [-0.39, 0.29) is 0 Å². The van der Waals surface area contributed by atoms with Gasteiger partial charge in [0.2, 0.25) is 0 Å². The van der Waals surface area contributed by atoms with Crippen molar-refractivity contribution >= 4 is 5.69 Å². The Kier molecular flexibility index (Phi) is 3.14. The SMILES string of the molecule is COc1ccccc1NC1CCC(C)C1. The standard InChI is InChI=1S/C13H19NO/c1-10-7-8-11(9-10)14-12-5-3-4-6-13(12)15-2/h3-6,10-11,14H,7-9H2,1-2H3. The predicted molar refractivity (Wildman–Crippen MR) is 63.4 cm³/mol. The van der Waals surface area contributed by atoms with E-state index in [2.05, 4.69) is 18.3 Å². The first-order valence-corrected chi connectivity index (χ1v) is 5.69. The Morgan fingerprint density at radius 1 is 1.27 bits per heavy atom. The van der Waals surface area contributed by atoms with Gasteiger partial charge >= 0.3 is 0 Å². The van der Waals surface area contributed by atoms with Crippen LogP contribution in [0.1, 0.15) is 26.2 Å². The van der Waals surface area contributed by atoms with E-state index in [1.165, 1.54) is 19.3 Å². The molecule has 1 N–H and O–H groups in total. The first kappa shape index (κ1) is 10.3. The van der Waals surface area contributed by atoms with Crippen LogP contribution in [0.4, 0.5) is 5.69 Å². The molecule has 1 aromatic rings. The number of methoxy groups -OCH3 is 1. The average Bonchev–Trinajstić information content (AvgIpc) is 2.65. The Morgan fingerprint density at radius 3 is 2.73 bits per heavy atom. The molecule has 1 fully saturated rings. The second-order valence-electron chi connectivity index (χ2n) is 4.46. The lowest BCUT2D eigenvalue weighted by atomic mass is 10.1. The Hall–Kier alpha value is -1.18. The lowest BCUT2D eigenvalue weighted by Crippen LogP contribution is -2.15. The van der Waals surface area contributed by atoms with Crippen LogP contribution in [0.5, 0.6) is 5.75 Å². The molecule has 1 saturated carbocycles. The zero-order valence-electron chi connectivity index (χ0n) is 9.49. The predicted octanol–water partition coefficient (Wildman–Crippen LogP) is 3.30. The third-order valence-corrected chi connectivity index (χ3v) is 3.16. The Balaban J connectivity index is 2.04. The Bertz CT molecular complexity index is 324. The maximum Gasteiger partial charge on any atom is 0.141 e. The summed E-state index contributed by atoms with van der Waals surface area (Å²) in [7, 11) is 1.72. The third-order valence-electron chi connectivity index (χ3n) is 3.16. The van der Waals surface area contributed by atoms with Crippen LogP contribution in [0.2, 0.25) is 0 Å². The van der Waals surface area contributed by atoms with E-state index < -0.39 is 0 Å². The molecule has 1 aromatic carbocycles. The molecule has 2 heteroatoms. The van der Waals surface area contributed by atoms with Crippen LogP contribution >= 0.6 is 0 Å². The molecule has 1 aliphatic rings. The van der Waals surface area contributed by atoms with Gasteiger partial charge < -0.3 is 10.1 Å². The van der Waals surface area contributed by atoms with Crippen molar-refractivity contribution in [3.05, 3.63) is 24.3 Å². The zero-order chi connectivity index (χ0) is 10.7. The minimum absolute atomic E-state index is 0.622. The fourth-order valence-corrected chi connectivity index (χ4v) is 2.32. The lowest BCUT2D eigenvalue weighted by molar-refractivity contribution is 0.416. The molecule has 1 aliphatic carbocycles. The van der Waals surface area contributed by atoms with Crippen molar-refractivity contribution in [2.45, 2.75) is 32.2 Å². The first-order chi connectivity index (χ1) is 7.29. The number of para-hydroxylation sites is 2. The molecule has 0 saturated heterocycles. The summed E-state index contributed by atoms with van der Waals surface area (Å²) in [4.78, 5) is 0. The second kappa shape index (κ2) is 4.56. The summed E-state index contributed by atoms with van der Waals surface area (Å²) >= 11 is 0. The normalized spacial score (nSPS) is 25.2. The number of anilines is 1. The number of hydrogen-bond donors (Lipinski definition) is 1. The molecule has 0 spiro atoms. The Labute approximate surface area is 91.6 Å². The molecule has 0 heterocycles. The molecule has 82 valence electrons. The fraction of sp³-hybridized carbons (Fsp3) is 0.538. The van der Waals surface area contributed by atoms with Crippen LogP contribution in [0.3, 0.4) is 0 Å². The summed E-state index contributed by atoms with van der Waals surface area (Å²) in [5.74, 6) is 1.80. The monoisotopic (exact) mass is 205 g/mol. The minimum atomic E-state index is 0.622. The van der Waals surface area contributed by atoms with Crippen molar-refractivity contribution in [2.24, 2.45) is 5.92 Å². The van der Waals surface area contributed by atoms with Gasteiger partial charge in [-0.1, -0.05) is 19.1 Å². The smallest absolute Gasteiger partial charge is 0.141 e. The van der Waals surface area contributed by atoms with Crippen LogP contribution in [0, 0.1) is 5.92 Å². The largest absolute Gasteiger partial charge is 0.495 e. The second-order valence-corrected chi connectivity index (χ2v) is 4.46. The van der Waals surface area contributed by atoms with Gasteiger partial charge in [-0.3, -0.25) is 0 Å². The summed E-state index contributed by atoms with van der Waals surface area (Å²) < 4.78 is 5.32. The maximum atomic E-state index is 5.32. The highest BCUT2D eigenvalue weighted by molar-refractivity contribution is 5.56. The van der Waals surface area contributed by atoms with E-state index in [1.54, 1.807) is 7.11 Å². The third kappa shape index (κ3) is 2.44. The van der Waals surface area contributed by atoms with Crippen molar-refractivity contribution in [1.29, 1.82) is 0 Å². The highest BCUT2D eigenvalue weighted by atomic mass is 16.5. The van der Waals surface area contributed by atoms with Crippen LogP contribution in [0.25, 0.3) is 0 Å². The summed E-state index contributed by atoms with van der Waals surface area (Å²) in [6.07, 6.45) is 3.89. The van der Waals surface area contributed by atoms with Gasteiger partial charge in [0.15, 0.2) is 0 Å². The van der Waals surface area contributed by atoms with Crippen LogP contribution in [0.15, 0.2) is 24.3 Å². The summed E-state index contributed by atoms with van der Waals surface area (Å²) in [5.41, 5.74) is 1.12. The molecule has 15 heavy (non-hydrogen) atoms. The first-order valence-electron chi connectivity index (χ1n) is 5.69. The highest BCUT2D eigenvalue weighted by Gasteiger charge is 2.21. The van der Waals surface area contributed by atoms with Crippen molar-refractivity contribution in [3.63, 3.8) is 0 Å². The number of ether oxygens (including phenoxy) is 1. The highest BCUT2D eigenvalue weighted by Crippen LogP contribution is 2.30. The van der Waals surface area contributed by atoms with Gasteiger partial charge in [-0.05, 0) is 37.3 Å². The zero-order valence-corrected chi connectivity index (χ0v) is 9.49. The van der Waals surface area contributed by atoms with Gasteiger partial charge in [-0.25, -0.2) is 0 Å². The Morgan fingerprint density at radius 2 is 2.07 bits per heavy atom. The van der Waals surface area contributed by atoms with Crippen molar-refractivity contribution < 1.29 is 4.74 Å². The molecule has 2 nitrogen and oxygen atoms in total. The van der Waals surface area contributed by atoms with Gasteiger partial charge in [-0.15, -0.1) is 0 Å². The van der Waals surface area contributed by atoms with Crippen LogP contribution in [-0.2, 0) is 0 Å². The minimum Gasteiger partial charge on any atom is -0.495 e. The van der Waals surface area contributed by atoms with Crippen molar-refractivity contribution in [1.82, 2.24) is 0 Å². The molecular weight excluding hydrogens is 186 g/mol. The molecule has 2 unspecified atom stereocenters. The topological polar surface area (TPSA) is 21.3 Å². The van der Waals surface area contributed by atoms with Gasteiger partial charge in [-0.2, -0.15) is 0 Å². The molecule has 2 atom stereocenters.